The monoisotopic (exact) mass is 310 g/mol. The molecule has 0 saturated carbocycles. The molecular weight excluding hydrogens is 288 g/mol. The summed E-state index contributed by atoms with van der Waals surface area (Å²) in [6, 6.07) is 0. The second kappa shape index (κ2) is 10.1. The lowest BCUT2D eigenvalue weighted by molar-refractivity contribution is -0.131. The predicted octanol–water partition coefficient (Wildman–Crippen LogP) is 3.93. The molecule has 2 N–H and O–H groups in total. The molecule has 1 aromatic heterocycles. The fraction of sp³-hybridized carbons (Fsp3) is 0.533. The minimum Gasteiger partial charge on any atom is -0.478 e. The van der Waals surface area contributed by atoms with Gasteiger partial charge in [-0.05, 0) is 12.5 Å². The third-order valence-corrected chi connectivity index (χ3v) is 3.80. The van der Waals surface area contributed by atoms with E-state index in [1.54, 1.807) is 6.20 Å². The van der Waals surface area contributed by atoms with Crippen LogP contribution >= 0.6 is 11.3 Å². The van der Waals surface area contributed by atoms with Gasteiger partial charge in [0, 0.05) is 23.6 Å². The van der Waals surface area contributed by atoms with Crippen LogP contribution < -0.4 is 5.32 Å². The van der Waals surface area contributed by atoms with Gasteiger partial charge in [0.1, 0.15) is 0 Å². The third-order valence-electron chi connectivity index (χ3n) is 2.92. The number of thiazole rings is 1. The molecule has 0 atom stereocenters. The zero-order valence-corrected chi connectivity index (χ0v) is 13.1. The molecule has 1 heterocycles. The van der Waals surface area contributed by atoms with Gasteiger partial charge < -0.3 is 10.4 Å². The number of hydrogen-bond acceptors (Lipinski definition) is 4. The summed E-state index contributed by atoms with van der Waals surface area (Å²) >= 11 is 1.26. The van der Waals surface area contributed by atoms with E-state index in [0.717, 1.165) is 18.9 Å². The maximum atomic E-state index is 11.7. The van der Waals surface area contributed by atoms with Gasteiger partial charge in [0.25, 0.3) is 0 Å². The maximum Gasteiger partial charge on any atom is 0.328 e. The van der Waals surface area contributed by atoms with Gasteiger partial charge in [-0.2, -0.15) is 0 Å². The van der Waals surface area contributed by atoms with E-state index < -0.39 is 5.97 Å². The van der Waals surface area contributed by atoms with Crippen LogP contribution in [-0.4, -0.2) is 22.0 Å². The van der Waals surface area contributed by atoms with E-state index in [1.165, 1.54) is 43.1 Å². The van der Waals surface area contributed by atoms with Gasteiger partial charge in [0.2, 0.25) is 5.91 Å². The molecule has 0 aliphatic heterocycles. The molecule has 0 aliphatic carbocycles. The van der Waals surface area contributed by atoms with Crippen LogP contribution in [0.15, 0.2) is 12.3 Å². The van der Waals surface area contributed by atoms with Crippen LogP contribution in [0.5, 0.6) is 0 Å². The Morgan fingerprint density at radius 3 is 2.71 bits per heavy atom. The molecular formula is C15H22N2O3S. The molecule has 1 amide bonds. The van der Waals surface area contributed by atoms with E-state index in [9.17, 15) is 9.59 Å². The number of nitrogens with zero attached hydrogens (tertiary/aromatic N) is 1. The molecule has 0 saturated heterocycles. The Morgan fingerprint density at radius 1 is 1.29 bits per heavy atom. The molecule has 0 bridgehead atoms. The zero-order chi connectivity index (χ0) is 15.5. The van der Waals surface area contributed by atoms with Crippen molar-refractivity contribution in [3.05, 3.63) is 17.2 Å². The van der Waals surface area contributed by atoms with Gasteiger partial charge in [-0.3, -0.25) is 4.79 Å². The Morgan fingerprint density at radius 2 is 2.00 bits per heavy atom. The highest BCUT2D eigenvalue weighted by Gasteiger charge is 2.05. The van der Waals surface area contributed by atoms with E-state index >= 15 is 0 Å². The van der Waals surface area contributed by atoms with Crippen LogP contribution in [0.25, 0.3) is 6.08 Å². The SMILES string of the molecule is CCCCCCCCC(=O)Nc1ncc(C=CC(=O)O)s1. The Bertz CT molecular complexity index is 483. The zero-order valence-electron chi connectivity index (χ0n) is 12.3. The van der Waals surface area contributed by atoms with Gasteiger partial charge in [0.15, 0.2) is 5.13 Å². The molecule has 0 aromatic carbocycles. The molecule has 1 aromatic rings. The van der Waals surface area contributed by atoms with Crippen LogP contribution in [0.4, 0.5) is 5.13 Å². The molecule has 21 heavy (non-hydrogen) atoms. The number of carbonyl (C=O) groups is 2. The first kappa shape index (κ1) is 17.4. The molecule has 0 spiro atoms. The Hall–Kier alpha value is -1.69. The van der Waals surface area contributed by atoms with Crippen molar-refractivity contribution in [1.29, 1.82) is 0 Å². The number of hydrogen-bond donors (Lipinski definition) is 2. The van der Waals surface area contributed by atoms with Crippen molar-refractivity contribution < 1.29 is 14.7 Å². The van der Waals surface area contributed by atoms with Crippen molar-refractivity contribution in [2.75, 3.05) is 5.32 Å². The molecule has 0 fully saturated rings. The van der Waals surface area contributed by atoms with Crippen LogP contribution in [0, 0.1) is 0 Å². The summed E-state index contributed by atoms with van der Waals surface area (Å²) in [7, 11) is 0. The summed E-state index contributed by atoms with van der Waals surface area (Å²) < 4.78 is 0. The molecule has 1 rings (SSSR count). The predicted molar refractivity (Wildman–Crippen MR) is 85.4 cm³/mol. The van der Waals surface area contributed by atoms with Crippen LogP contribution in [-0.2, 0) is 9.59 Å². The minimum absolute atomic E-state index is 0.0337. The summed E-state index contributed by atoms with van der Waals surface area (Å²) in [4.78, 5) is 26.9. The standard InChI is InChI=1S/C15H22N2O3S/c1-2-3-4-5-6-7-8-13(18)17-15-16-11-12(21-15)9-10-14(19)20/h9-11H,2-8H2,1H3,(H,19,20)(H,16,17,18). The van der Waals surface area contributed by atoms with Crippen molar-refractivity contribution >= 4 is 34.4 Å². The number of amides is 1. The number of aliphatic carboxylic acids is 1. The summed E-state index contributed by atoms with van der Waals surface area (Å²) in [5.41, 5.74) is 0. The topological polar surface area (TPSA) is 79.3 Å². The number of anilines is 1. The van der Waals surface area contributed by atoms with Crippen LogP contribution in [0.3, 0.4) is 0 Å². The quantitative estimate of drug-likeness (QED) is 0.507. The molecule has 0 aliphatic rings. The lowest BCUT2D eigenvalue weighted by atomic mass is 10.1. The number of nitrogens with one attached hydrogen (secondary N) is 1. The molecule has 0 unspecified atom stereocenters. The maximum absolute atomic E-state index is 11.7. The number of aromatic nitrogens is 1. The molecule has 5 nitrogen and oxygen atoms in total. The van der Waals surface area contributed by atoms with E-state index in [0.29, 0.717) is 16.4 Å². The first-order chi connectivity index (χ1) is 10.1. The molecule has 116 valence electrons. The lowest BCUT2D eigenvalue weighted by Crippen LogP contribution is -2.10. The van der Waals surface area contributed by atoms with Gasteiger partial charge in [0.05, 0.1) is 0 Å². The van der Waals surface area contributed by atoms with Crippen molar-refractivity contribution in [3.8, 4) is 0 Å². The number of carboxylic acids is 1. The van der Waals surface area contributed by atoms with E-state index in [4.69, 9.17) is 5.11 Å². The molecule has 6 heteroatoms. The number of rotatable bonds is 10. The average molecular weight is 310 g/mol. The van der Waals surface area contributed by atoms with Crippen molar-refractivity contribution in [2.45, 2.75) is 51.9 Å². The third kappa shape index (κ3) is 8.24. The Labute approximate surface area is 129 Å². The number of carbonyl (C=O) groups excluding carboxylic acids is 1. The van der Waals surface area contributed by atoms with Crippen molar-refractivity contribution in [1.82, 2.24) is 4.98 Å². The van der Waals surface area contributed by atoms with E-state index in [-0.39, 0.29) is 5.91 Å². The lowest BCUT2D eigenvalue weighted by Gasteiger charge is -2.01. The normalized spacial score (nSPS) is 10.9. The first-order valence-electron chi connectivity index (χ1n) is 7.28. The number of unbranched alkanes of at least 4 members (excludes halogenated alkanes) is 5. The fourth-order valence-electron chi connectivity index (χ4n) is 1.82. The van der Waals surface area contributed by atoms with Gasteiger partial charge >= 0.3 is 5.97 Å². The summed E-state index contributed by atoms with van der Waals surface area (Å²) in [5, 5.41) is 11.8. The minimum atomic E-state index is -1.00. The van der Waals surface area contributed by atoms with Gasteiger partial charge in [-0.25, -0.2) is 9.78 Å². The van der Waals surface area contributed by atoms with Crippen LogP contribution in [0.2, 0.25) is 0 Å². The summed E-state index contributed by atoms with van der Waals surface area (Å²) in [5.74, 6) is -1.04. The van der Waals surface area contributed by atoms with E-state index in [1.807, 2.05) is 0 Å². The second-order valence-corrected chi connectivity index (χ2v) is 5.87. The summed E-state index contributed by atoms with van der Waals surface area (Å²) in [6.45, 7) is 2.18. The van der Waals surface area contributed by atoms with Crippen LogP contribution in [0.1, 0.15) is 56.7 Å². The van der Waals surface area contributed by atoms with Crippen molar-refractivity contribution in [2.24, 2.45) is 0 Å². The molecule has 0 radical (unpaired) electrons. The van der Waals surface area contributed by atoms with E-state index in [2.05, 4.69) is 17.2 Å². The van der Waals surface area contributed by atoms with Gasteiger partial charge in [-0.15, -0.1) is 0 Å². The van der Waals surface area contributed by atoms with Crippen molar-refractivity contribution in [3.63, 3.8) is 0 Å². The first-order valence-corrected chi connectivity index (χ1v) is 8.10. The highest BCUT2D eigenvalue weighted by molar-refractivity contribution is 7.16. The largest absolute Gasteiger partial charge is 0.478 e. The highest BCUT2D eigenvalue weighted by Crippen LogP contribution is 2.19. The number of carboxylic acid groups (broad SMARTS) is 1. The average Bonchev–Trinajstić information content (AvgIpc) is 2.88. The summed E-state index contributed by atoms with van der Waals surface area (Å²) in [6.07, 6.45) is 11.5. The highest BCUT2D eigenvalue weighted by atomic mass is 32.1. The Balaban J connectivity index is 2.24. The Kier molecular flexibility index (Phi) is 8.35. The fourth-order valence-corrected chi connectivity index (χ4v) is 2.56. The second-order valence-electron chi connectivity index (χ2n) is 4.81. The van der Waals surface area contributed by atoms with Gasteiger partial charge in [-0.1, -0.05) is 50.4 Å². The smallest absolute Gasteiger partial charge is 0.328 e.